The lowest BCUT2D eigenvalue weighted by atomic mass is 10.1. The van der Waals surface area contributed by atoms with Crippen LogP contribution in [0.4, 0.5) is 0 Å². The van der Waals surface area contributed by atoms with E-state index in [2.05, 4.69) is 9.97 Å². The predicted molar refractivity (Wildman–Crippen MR) is 77.7 cm³/mol. The van der Waals surface area contributed by atoms with Crippen LogP contribution >= 0.6 is 11.8 Å². The molecule has 7 nitrogen and oxygen atoms in total. The molecule has 1 saturated heterocycles. The van der Waals surface area contributed by atoms with Crippen molar-refractivity contribution in [2.45, 2.75) is 37.3 Å². The Balaban J connectivity index is 2.35. The summed E-state index contributed by atoms with van der Waals surface area (Å²) in [6.45, 7) is 2.18. The van der Waals surface area contributed by atoms with Crippen molar-refractivity contribution < 1.29 is 14.7 Å². The summed E-state index contributed by atoms with van der Waals surface area (Å²) in [4.78, 5) is 42.9. The van der Waals surface area contributed by atoms with Crippen molar-refractivity contribution in [1.29, 1.82) is 0 Å². The predicted octanol–water partition coefficient (Wildman–Crippen LogP) is 0.880. The second-order valence-electron chi connectivity index (χ2n) is 4.94. The first kappa shape index (κ1) is 15.6. The third kappa shape index (κ3) is 3.26. The van der Waals surface area contributed by atoms with Gasteiger partial charge in [0, 0.05) is 18.3 Å². The summed E-state index contributed by atoms with van der Waals surface area (Å²) in [7, 11) is 0. The summed E-state index contributed by atoms with van der Waals surface area (Å²) in [5.41, 5.74) is 0.335. The molecular weight excluding hydrogens is 294 g/mol. The Morgan fingerprint density at radius 2 is 2.24 bits per heavy atom. The molecule has 0 aromatic carbocycles. The van der Waals surface area contributed by atoms with Crippen LogP contribution in [-0.2, 0) is 4.79 Å². The van der Waals surface area contributed by atoms with Gasteiger partial charge in [0.05, 0.1) is 12.0 Å². The number of nitrogens with zero attached hydrogens (tertiary/aromatic N) is 2. The molecule has 0 bridgehead atoms. The fraction of sp³-hybridized carbons (Fsp3) is 0.538. The van der Waals surface area contributed by atoms with Crippen molar-refractivity contribution in [3.8, 4) is 0 Å². The molecule has 1 amide bonds. The second kappa shape index (κ2) is 6.30. The molecule has 8 heteroatoms. The number of nitrogens with one attached hydrogen (secondary N) is 1. The lowest BCUT2D eigenvalue weighted by Gasteiger charge is -2.24. The van der Waals surface area contributed by atoms with Gasteiger partial charge in [0.2, 0.25) is 0 Å². The Morgan fingerprint density at radius 1 is 1.52 bits per heavy atom. The van der Waals surface area contributed by atoms with Gasteiger partial charge < -0.3 is 15.0 Å². The van der Waals surface area contributed by atoms with Crippen molar-refractivity contribution >= 4 is 23.6 Å². The average molecular weight is 311 g/mol. The number of aryl methyl sites for hydroxylation is 1. The topological polar surface area (TPSA) is 103 Å². The van der Waals surface area contributed by atoms with Crippen molar-refractivity contribution in [2.75, 3.05) is 12.8 Å². The van der Waals surface area contributed by atoms with Gasteiger partial charge in [0.15, 0.2) is 0 Å². The Morgan fingerprint density at radius 3 is 2.86 bits per heavy atom. The monoisotopic (exact) mass is 311 g/mol. The van der Waals surface area contributed by atoms with Crippen molar-refractivity contribution in [3.63, 3.8) is 0 Å². The van der Waals surface area contributed by atoms with E-state index in [9.17, 15) is 14.4 Å². The van der Waals surface area contributed by atoms with Gasteiger partial charge in [0.1, 0.15) is 5.03 Å². The molecule has 2 N–H and O–H groups in total. The molecule has 1 aliphatic rings. The number of hydrogen-bond donors (Lipinski definition) is 2. The van der Waals surface area contributed by atoms with Gasteiger partial charge in [-0.3, -0.25) is 9.59 Å². The van der Waals surface area contributed by atoms with E-state index in [0.717, 1.165) is 6.42 Å². The molecular formula is C13H17N3O4S. The van der Waals surface area contributed by atoms with E-state index < -0.39 is 11.7 Å². The Kier molecular flexibility index (Phi) is 4.66. The average Bonchev–Trinajstić information content (AvgIpc) is 2.84. The van der Waals surface area contributed by atoms with Gasteiger partial charge in [-0.1, -0.05) is 0 Å². The molecule has 21 heavy (non-hydrogen) atoms. The number of likely N-dealkylation sites (tertiary alicyclic amines) is 1. The zero-order valence-electron chi connectivity index (χ0n) is 11.9. The van der Waals surface area contributed by atoms with Crippen LogP contribution in [0.1, 0.15) is 35.3 Å². The summed E-state index contributed by atoms with van der Waals surface area (Å²) >= 11 is 1.23. The lowest BCUT2D eigenvalue weighted by Crippen LogP contribution is -2.38. The summed E-state index contributed by atoms with van der Waals surface area (Å²) in [5.74, 6) is -1.18. The van der Waals surface area contributed by atoms with Crippen molar-refractivity contribution in [1.82, 2.24) is 14.9 Å². The Hall–Kier alpha value is -1.83. The highest BCUT2D eigenvalue weighted by molar-refractivity contribution is 7.98. The molecule has 0 radical (unpaired) electrons. The van der Waals surface area contributed by atoms with Crippen LogP contribution in [0.15, 0.2) is 9.82 Å². The largest absolute Gasteiger partial charge is 0.481 e. The van der Waals surface area contributed by atoms with Crippen LogP contribution in [0.25, 0.3) is 0 Å². The summed E-state index contributed by atoms with van der Waals surface area (Å²) in [6, 6.07) is -0.295. The van der Waals surface area contributed by atoms with E-state index >= 15 is 0 Å². The third-order valence-electron chi connectivity index (χ3n) is 3.54. The van der Waals surface area contributed by atoms with E-state index in [1.165, 1.54) is 11.8 Å². The first-order chi connectivity index (χ1) is 9.93. The maximum atomic E-state index is 12.7. The van der Waals surface area contributed by atoms with Crippen LogP contribution in [0.2, 0.25) is 0 Å². The number of aliphatic carboxylic acids is 1. The summed E-state index contributed by atoms with van der Waals surface area (Å²) < 4.78 is 0. The number of carboxylic acids is 1. The van der Waals surface area contributed by atoms with Crippen LogP contribution < -0.4 is 5.69 Å². The molecule has 1 aromatic heterocycles. The van der Waals surface area contributed by atoms with E-state index in [4.69, 9.17) is 5.11 Å². The maximum absolute atomic E-state index is 12.7. The van der Waals surface area contributed by atoms with E-state index in [-0.39, 0.29) is 18.4 Å². The zero-order chi connectivity index (χ0) is 15.6. The number of hydrogen-bond acceptors (Lipinski definition) is 5. The van der Waals surface area contributed by atoms with Gasteiger partial charge in [0.25, 0.3) is 5.91 Å². The lowest BCUT2D eigenvalue weighted by molar-refractivity contribution is -0.137. The highest BCUT2D eigenvalue weighted by atomic mass is 32.2. The van der Waals surface area contributed by atoms with Crippen LogP contribution in [0, 0.1) is 6.92 Å². The molecule has 1 aromatic rings. The number of aromatic nitrogens is 2. The first-order valence-electron chi connectivity index (χ1n) is 6.61. The van der Waals surface area contributed by atoms with E-state index in [0.29, 0.717) is 29.2 Å². The van der Waals surface area contributed by atoms with Gasteiger partial charge in [-0.25, -0.2) is 4.79 Å². The second-order valence-corrected chi connectivity index (χ2v) is 5.74. The minimum atomic E-state index is -0.916. The van der Waals surface area contributed by atoms with Crippen LogP contribution in [0.5, 0.6) is 0 Å². The fourth-order valence-electron chi connectivity index (χ4n) is 2.62. The fourth-order valence-corrected chi connectivity index (χ4v) is 3.24. The molecule has 114 valence electrons. The summed E-state index contributed by atoms with van der Waals surface area (Å²) in [5, 5.41) is 9.31. The number of carbonyl (C=O) groups is 2. The number of aromatic amines is 1. The number of rotatable bonds is 4. The first-order valence-corrected chi connectivity index (χ1v) is 7.84. The smallest absolute Gasteiger partial charge is 0.346 e. The minimum Gasteiger partial charge on any atom is -0.481 e. The number of H-pyrrole nitrogens is 1. The normalized spacial score (nSPS) is 18.0. The zero-order valence-corrected chi connectivity index (χ0v) is 12.7. The molecule has 0 aliphatic carbocycles. The molecule has 0 saturated carbocycles. The van der Waals surface area contributed by atoms with Gasteiger partial charge in [-0.15, -0.1) is 11.8 Å². The Labute approximate surface area is 125 Å². The van der Waals surface area contributed by atoms with Crippen LogP contribution in [-0.4, -0.2) is 50.7 Å². The number of amides is 1. The van der Waals surface area contributed by atoms with Crippen molar-refractivity contribution in [2.24, 2.45) is 0 Å². The molecule has 0 spiro atoms. The molecule has 2 heterocycles. The number of carboxylic acid groups (broad SMARTS) is 1. The van der Waals surface area contributed by atoms with Crippen LogP contribution in [0.3, 0.4) is 0 Å². The number of thioether (sulfide) groups is 1. The highest BCUT2D eigenvalue weighted by Crippen LogP contribution is 2.26. The van der Waals surface area contributed by atoms with E-state index in [1.54, 1.807) is 18.1 Å². The Bertz CT molecular complexity index is 628. The maximum Gasteiger partial charge on any atom is 0.346 e. The van der Waals surface area contributed by atoms with Gasteiger partial charge >= 0.3 is 11.7 Å². The van der Waals surface area contributed by atoms with Gasteiger partial charge in [-0.05, 0) is 26.0 Å². The molecule has 1 fully saturated rings. The molecule has 1 aliphatic heterocycles. The summed E-state index contributed by atoms with van der Waals surface area (Å²) in [6.07, 6.45) is 3.16. The molecule has 2 rings (SSSR count). The van der Waals surface area contributed by atoms with Crippen molar-refractivity contribution in [3.05, 3.63) is 21.7 Å². The SMILES string of the molecule is CSc1nc(=O)[nH]c(C)c1C(=O)N1CCCC1CC(=O)O. The highest BCUT2D eigenvalue weighted by Gasteiger charge is 2.33. The standard InChI is InChI=1S/C13H17N3O4S/c1-7-10(11(21-2)15-13(20)14-7)12(19)16-5-3-4-8(16)6-9(17)18/h8H,3-6H2,1-2H3,(H,17,18)(H,14,15,20). The third-order valence-corrected chi connectivity index (χ3v) is 4.22. The van der Waals surface area contributed by atoms with E-state index in [1.807, 2.05) is 0 Å². The van der Waals surface area contributed by atoms with Gasteiger partial charge in [-0.2, -0.15) is 4.98 Å². The molecule has 1 unspecified atom stereocenters. The molecule has 1 atom stereocenters. The minimum absolute atomic E-state index is 0.0594. The quantitative estimate of drug-likeness (QED) is 0.632. The number of carbonyl (C=O) groups excluding carboxylic acids is 1.